The molecule has 0 amide bonds. The number of ether oxygens (including phenoxy) is 2. The van der Waals surface area contributed by atoms with Gasteiger partial charge in [0.05, 0.1) is 26.4 Å². The lowest BCUT2D eigenvalue weighted by Gasteiger charge is -2.20. The average molecular weight is 899 g/mol. The Balaban J connectivity index is 4.02. The van der Waals surface area contributed by atoms with Gasteiger partial charge in [0.1, 0.15) is 12.2 Å². The van der Waals surface area contributed by atoms with Crippen molar-refractivity contribution in [3.8, 4) is 0 Å². The van der Waals surface area contributed by atoms with Crippen LogP contribution in [0.25, 0.3) is 0 Å². The molecule has 0 aliphatic carbocycles. The van der Waals surface area contributed by atoms with E-state index in [4.69, 9.17) is 18.5 Å². The number of aliphatic hydroxyl groups is 2. The summed E-state index contributed by atoms with van der Waals surface area (Å²) in [4.78, 5) is 34.6. The summed E-state index contributed by atoms with van der Waals surface area (Å²) in [5, 5.41) is 19.2. The minimum Gasteiger partial charge on any atom is -0.457 e. The molecule has 0 rings (SSSR count). The molecule has 356 valence electrons. The number of hydrogen-bond acceptors (Lipinski definition) is 9. The molecule has 0 aromatic rings. The third-order valence-electron chi connectivity index (χ3n) is 9.18. The first kappa shape index (κ1) is 59.4. The number of phosphoric ester groups is 1. The van der Waals surface area contributed by atoms with Crippen molar-refractivity contribution in [3.05, 3.63) is 122 Å². The van der Waals surface area contributed by atoms with Gasteiger partial charge < -0.3 is 24.6 Å². The first-order valence-corrected chi connectivity index (χ1v) is 25.0. The van der Waals surface area contributed by atoms with Gasteiger partial charge in [-0.15, -0.1) is 0 Å². The second kappa shape index (κ2) is 46.4. The highest BCUT2D eigenvalue weighted by Gasteiger charge is 2.27. The Morgan fingerprint density at radius 2 is 0.730 bits per heavy atom. The fourth-order valence-corrected chi connectivity index (χ4v) is 6.44. The minimum absolute atomic E-state index is 0.0592. The quantitative estimate of drug-likeness (QED) is 0.0234. The zero-order valence-corrected chi connectivity index (χ0v) is 39.6. The fraction of sp³-hybridized carbons (Fsp3) is 0.577. The van der Waals surface area contributed by atoms with E-state index in [-0.39, 0.29) is 12.8 Å². The molecule has 0 saturated carbocycles. The first-order valence-electron chi connectivity index (χ1n) is 23.5. The molecule has 0 aliphatic heterocycles. The SMILES string of the molecule is CC/C=C\C/C=C\C/C=C\C/C=C\C/C=C\C/C=C\CCC(=O)OC(CO)COP(=O)(O)OCC(CO)OC(=O)CCCCCCCCCC/C=C\C/C=C\C/C=C\C/C=C\CC. The lowest BCUT2D eigenvalue weighted by Crippen LogP contribution is -2.28. The number of hydrogen-bond donors (Lipinski definition) is 3. The summed E-state index contributed by atoms with van der Waals surface area (Å²) in [6, 6.07) is 0. The van der Waals surface area contributed by atoms with Crippen molar-refractivity contribution < 1.29 is 47.8 Å². The smallest absolute Gasteiger partial charge is 0.457 e. The molecule has 3 unspecified atom stereocenters. The summed E-state index contributed by atoms with van der Waals surface area (Å²) in [6.45, 7) is 1.87. The van der Waals surface area contributed by atoms with E-state index in [1.165, 1.54) is 25.7 Å². The topological polar surface area (TPSA) is 149 Å². The van der Waals surface area contributed by atoms with Gasteiger partial charge in [-0.05, 0) is 89.9 Å². The van der Waals surface area contributed by atoms with Gasteiger partial charge in [0.15, 0.2) is 0 Å². The van der Waals surface area contributed by atoms with Gasteiger partial charge in [0, 0.05) is 12.8 Å². The lowest BCUT2D eigenvalue weighted by atomic mass is 10.1. The maximum atomic E-state index is 12.4. The Labute approximate surface area is 381 Å². The van der Waals surface area contributed by atoms with Crippen molar-refractivity contribution in [2.24, 2.45) is 0 Å². The van der Waals surface area contributed by atoms with Crippen LogP contribution >= 0.6 is 7.82 Å². The van der Waals surface area contributed by atoms with Gasteiger partial charge >= 0.3 is 19.8 Å². The summed E-state index contributed by atoms with van der Waals surface area (Å²) in [5.74, 6) is -1.12. The average Bonchev–Trinajstić information content (AvgIpc) is 3.27. The Bertz CT molecular complexity index is 1450. The first-order chi connectivity index (χ1) is 30.8. The van der Waals surface area contributed by atoms with Gasteiger partial charge in [-0.25, -0.2) is 4.57 Å². The normalized spacial score (nSPS) is 14.8. The Morgan fingerprint density at radius 1 is 0.429 bits per heavy atom. The molecule has 0 bridgehead atoms. The van der Waals surface area contributed by atoms with E-state index in [2.05, 4.69) is 117 Å². The second-order valence-corrected chi connectivity index (χ2v) is 16.4. The molecule has 0 aromatic heterocycles. The molecular formula is C52H83O10P. The predicted molar refractivity (Wildman–Crippen MR) is 260 cm³/mol. The van der Waals surface area contributed by atoms with E-state index in [0.717, 1.165) is 89.9 Å². The van der Waals surface area contributed by atoms with E-state index in [0.29, 0.717) is 12.8 Å². The molecule has 0 heterocycles. The monoisotopic (exact) mass is 899 g/mol. The molecule has 11 heteroatoms. The van der Waals surface area contributed by atoms with Crippen molar-refractivity contribution in [3.63, 3.8) is 0 Å². The molecule has 0 fully saturated rings. The van der Waals surface area contributed by atoms with Crippen LogP contribution in [0.1, 0.15) is 155 Å². The minimum atomic E-state index is -4.67. The molecular weight excluding hydrogens is 816 g/mol. The van der Waals surface area contributed by atoms with Crippen molar-refractivity contribution in [1.29, 1.82) is 0 Å². The highest BCUT2D eigenvalue weighted by atomic mass is 31.2. The van der Waals surface area contributed by atoms with Crippen LogP contribution in [0, 0.1) is 0 Å². The Hall–Kier alpha value is -3.63. The summed E-state index contributed by atoms with van der Waals surface area (Å²) in [6.07, 6.45) is 60.4. The van der Waals surface area contributed by atoms with E-state index < -0.39 is 58.4 Å². The van der Waals surface area contributed by atoms with Crippen molar-refractivity contribution in [2.75, 3.05) is 26.4 Å². The summed E-state index contributed by atoms with van der Waals surface area (Å²) in [7, 11) is -4.67. The number of unbranched alkanes of at least 4 members (excludes halogenated alkanes) is 8. The van der Waals surface area contributed by atoms with Crippen LogP contribution in [0.2, 0.25) is 0 Å². The van der Waals surface area contributed by atoms with Crippen LogP contribution in [0.5, 0.6) is 0 Å². The van der Waals surface area contributed by atoms with Crippen molar-refractivity contribution >= 4 is 19.8 Å². The third kappa shape index (κ3) is 44.8. The van der Waals surface area contributed by atoms with E-state index in [1.54, 1.807) is 0 Å². The molecule has 3 atom stereocenters. The van der Waals surface area contributed by atoms with Crippen LogP contribution in [0.4, 0.5) is 0 Å². The standard InChI is InChI=1S/C52H83O10P/c1-3-5-7-9-11-13-15-17-19-21-23-24-26-28-30-32-34-36-38-40-42-44-52(56)62-50(46-54)48-60-63(57,58)59-47-49(45-53)61-51(55)43-41-39-37-35-33-31-29-27-25-22-20-18-16-14-12-10-8-6-4-2/h5-8,11-14,17-20,23-25,27,31,33,37,39,49-50,53-54H,3-4,9-10,15-16,21-22,26,28-30,32,34-36,38,40-48H2,1-2H3,(H,57,58)/b7-5-,8-6-,13-11-,14-12-,19-17-,20-18-,24-23-,27-25-,33-31-,39-37-. The van der Waals surface area contributed by atoms with Crippen molar-refractivity contribution in [2.45, 2.75) is 167 Å². The fourth-order valence-electron chi connectivity index (χ4n) is 5.66. The number of aliphatic hydroxyl groups excluding tert-OH is 2. The molecule has 63 heavy (non-hydrogen) atoms. The second-order valence-electron chi connectivity index (χ2n) is 15.0. The number of rotatable bonds is 42. The molecule has 3 N–H and O–H groups in total. The van der Waals surface area contributed by atoms with Gasteiger partial charge in [-0.3, -0.25) is 18.6 Å². The highest BCUT2D eigenvalue weighted by Crippen LogP contribution is 2.43. The summed E-state index contributed by atoms with van der Waals surface area (Å²) < 4.78 is 32.6. The largest absolute Gasteiger partial charge is 0.472 e. The van der Waals surface area contributed by atoms with E-state index in [1.807, 2.05) is 18.2 Å². The van der Waals surface area contributed by atoms with Crippen LogP contribution in [0.3, 0.4) is 0 Å². The van der Waals surface area contributed by atoms with Gasteiger partial charge in [-0.2, -0.15) is 0 Å². The number of carbonyl (C=O) groups is 2. The van der Waals surface area contributed by atoms with E-state index in [9.17, 15) is 29.3 Å². The molecule has 0 aromatic carbocycles. The van der Waals surface area contributed by atoms with Crippen LogP contribution in [-0.2, 0) is 32.7 Å². The summed E-state index contributed by atoms with van der Waals surface area (Å²) >= 11 is 0. The Kier molecular flexibility index (Phi) is 43.7. The number of carbonyl (C=O) groups excluding carboxylic acids is 2. The maximum Gasteiger partial charge on any atom is 0.472 e. The number of allylic oxidation sites excluding steroid dienone is 20. The highest BCUT2D eigenvalue weighted by molar-refractivity contribution is 7.47. The molecule has 0 radical (unpaired) electrons. The van der Waals surface area contributed by atoms with Gasteiger partial charge in [-0.1, -0.05) is 174 Å². The molecule has 10 nitrogen and oxygen atoms in total. The number of phosphoric acid groups is 1. The van der Waals surface area contributed by atoms with Crippen LogP contribution in [0.15, 0.2) is 122 Å². The third-order valence-corrected chi connectivity index (χ3v) is 10.1. The van der Waals surface area contributed by atoms with Crippen LogP contribution < -0.4 is 0 Å². The van der Waals surface area contributed by atoms with E-state index >= 15 is 0 Å². The predicted octanol–water partition coefficient (Wildman–Crippen LogP) is 13.1. The van der Waals surface area contributed by atoms with Gasteiger partial charge in [0.2, 0.25) is 0 Å². The number of esters is 2. The lowest BCUT2D eigenvalue weighted by molar-refractivity contribution is -0.153. The van der Waals surface area contributed by atoms with Gasteiger partial charge in [0.25, 0.3) is 0 Å². The Morgan fingerprint density at radius 3 is 1.10 bits per heavy atom. The van der Waals surface area contributed by atoms with Crippen LogP contribution in [-0.4, -0.2) is 65.7 Å². The van der Waals surface area contributed by atoms with Crippen molar-refractivity contribution in [1.82, 2.24) is 0 Å². The summed E-state index contributed by atoms with van der Waals surface area (Å²) in [5.41, 5.74) is 0. The maximum absolute atomic E-state index is 12.4. The zero-order valence-electron chi connectivity index (χ0n) is 38.7. The molecule has 0 spiro atoms. The molecule has 0 saturated heterocycles. The molecule has 0 aliphatic rings. The zero-order chi connectivity index (χ0) is 46.2.